The molecule has 0 spiro atoms. The van der Waals surface area contributed by atoms with Gasteiger partial charge in [0.1, 0.15) is 0 Å². The second-order valence-electron chi connectivity index (χ2n) is 3.28. The predicted octanol–water partition coefficient (Wildman–Crippen LogP) is 4.40. The Morgan fingerprint density at radius 1 is 1.33 bits per heavy atom. The molecular weight excluding hydrogens is 224 g/mol. The minimum atomic E-state index is 0.212. The summed E-state index contributed by atoms with van der Waals surface area (Å²) in [4.78, 5) is 11.2. The minimum absolute atomic E-state index is 0.212. The van der Waals surface area contributed by atoms with E-state index in [1.165, 1.54) is 29.1 Å². The Hall–Kier alpha value is -0.410. The van der Waals surface area contributed by atoms with Gasteiger partial charge in [0.25, 0.3) is 0 Å². The van der Waals surface area contributed by atoms with E-state index in [0.29, 0.717) is 5.92 Å². The second kappa shape index (κ2) is 6.96. The maximum absolute atomic E-state index is 11.2. The molecule has 0 radical (unpaired) electrons. The van der Waals surface area contributed by atoms with Crippen LogP contribution in [0.25, 0.3) is 0 Å². The second-order valence-corrected chi connectivity index (χ2v) is 5.31. The third kappa shape index (κ3) is 4.31. The summed E-state index contributed by atoms with van der Waals surface area (Å²) < 4.78 is 0.212. The van der Waals surface area contributed by atoms with Crippen LogP contribution in [0.1, 0.15) is 24.8 Å². The highest BCUT2D eigenvalue weighted by Crippen LogP contribution is 2.26. The van der Waals surface area contributed by atoms with E-state index in [9.17, 15) is 4.79 Å². The van der Waals surface area contributed by atoms with Crippen molar-refractivity contribution in [2.24, 2.45) is 0 Å². The van der Waals surface area contributed by atoms with Gasteiger partial charge >= 0.3 is 0 Å². The molecule has 1 nitrogen and oxygen atoms in total. The number of hydrogen-bond acceptors (Lipinski definition) is 3. The van der Waals surface area contributed by atoms with Crippen molar-refractivity contribution in [1.29, 1.82) is 0 Å². The van der Waals surface area contributed by atoms with Gasteiger partial charge in [-0.3, -0.25) is 4.79 Å². The molecule has 0 aliphatic heterocycles. The zero-order chi connectivity index (χ0) is 11.1. The van der Waals surface area contributed by atoms with Gasteiger partial charge in [-0.05, 0) is 24.2 Å². The van der Waals surface area contributed by atoms with Crippen LogP contribution in [-0.2, 0) is 0 Å². The molecule has 0 amide bonds. The summed E-state index contributed by atoms with van der Waals surface area (Å²) in [5.41, 5.74) is 1.33. The maximum atomic E-state index is 11.2. The zero-order valence-corrected chi connectivity index (χ0v) is 10.7. The van der Waals surface area contributed by atoms with Crippen molar-refractivity contribution in [2.45, 2.75) is 19.3 Å². The van der Waals surface area contributed by atoms with Gasteiger partial charge in [0, 0.05) is 5.75 Å². The van der Waals surface area contributed by atoms with E-state index in [4.69, 9.17) is 0 Å². The molecule has 15 heavy (non-hydrogen) atoms. The summed E-state index contributed by atoms with van der Waals surface area (Å²) in [7, 11) is 0. The van der Waals surface area contributed by atoms with E-state index in [0.717, 1.165) is 12.2 Å². The fraction of sp³-hybridized carbons (Fsp3) is 0.417. The van der Waals surface area contributed by atoms with E-state index in [2.05, 4.69) is 31.2 Å². The zero-order valence-electron chi connectivity index (χ0n) is 9.10. The van der Waals surface area contributed by atoms with E-state index >= 15 is 0 Å². The topological polar surface area (TPSA) is 17.1 Å². The van der Waals surface area contributed by atoms with E-state index in [1.807, 2.05) is 12.3 Å². The molecule has 1 rings (SSSR count). The quantitative estimate of drug-likeness (QED) is 0.776. The Morgan fingerprint density at radius 2 is 2.00 bits per heavy atom. The first-order valence-corrected chi connectivity index (χ1v) is 7.24. The number of carbonyl (C=O) groups is 1. The molecule has 1 aromatic carbocycles. The van der Waals surface area contributed by atoms with E-state index in [1.54, 1.807) is 0 Å². The Bertz CT molecular complexity index is 298. The van der Waals surface area contributed by atoms with Crippen LogP contribution >= 0.6 is 23.5 Å². The molecule has 0 saturated carbocycles. The average molecular weight is 240 g/mol. The Morgan fingerprint density at radius 3 is 2.53 bits per heavy atom. The van der Waals surface area contributed by atoms with Crippen molar-refractivity contribution >= 4 is 28.0 Å². The molecule has 0 fully saturated rings. The van der Waals surface area contributed by atoms with Gasteiger partial charge in [-0.2, -0.15) is 0 Å². The first-order chi connectivity index (χ1) is 7.27. The van der Waals surface area contributed by atoms with Crippen LogP contribution in [0.4, 0.5) is 4.79 Å². The van der Waals surface area contributed by atoms with Crippen molar-refractivity contribution in [2.75, 3.05) is 12.0 Å². The third-order valence-corrected chi connectivity index (χ3v) is 4.32. The van der Waals surface area contributed by atoms with Crippen LogP contribution in [0.2, 0.25) is 0 Å². The summed E-state index contributed by atoms with van der Waals surface area (Å²) in [6.45, 7) is 2.17. The van der Waals surface area contributed by atoms with Crippen molar-refractivity contribution in [3.63, 3.8) is 0 Å². The van der Waals surface area contributed by atoms with Gasteiger partial charge < -0.3 is 0 Å². The molecule has 0 bridgehead atoms. The number of thioether (sulfide) groups is 2. The Labute approximate surface area is 100 Å². The molecular formula is C12H16OS2. The smallest absolute Gasteiger partial charge is 0.245 e. The van der Waals surface area contributed by atoms with Crippen LogP contribution < -0.4 is 0 Å². The molecule has 1 atom stereocenters. The lowest BCUT2D eigenvalue weighted by molar-refractivity contribution is 0.276. The number of benzene rings is 1. The molecule has 0 aliphatic rings. The Kier molecular flexibility index (Phi) is 5.88. The molecule has 0 saturated heterocycles. The molecule has 3 heteroatoms. The summed E-state index contributed by atoms with van der Waals surface area (Å²) in [5.74, 6) is 1.38. The third-order valence-electron chi connectivity index (χ3n) is 2.33. The molecule has 0 N–H and O–H groups in total. The number of rotatable bonds is 4. The average Bonchev–Trinajstić information content (AvgIpc) is 2.31. The normalized spacial score (nSPS) is 12.4. The largest absolute Gasteiger partial charge is 0.274 e. The predicted molar refractivity (Wildman–Crippen MR) is 70.8 cm³/mol. The summed E-state index contributed by atoms with van der Waals surface area (Å²) >= 11 is 2.72. The number of hydrogen-bond donors (Lipinski definition) is 0. The van der Waals surface area contributed by atoms with Gasteiger partial charge in [-0.1, -0.05) is 60.8 Å². The molecule has 0 aromatic heterocycles. The standard InChI is InChI=1S/C12H16OS2/c1-3-10(9-15-12(13)14-2)11-7-5-4-6-8-11/h4-8,10H,3,9H2,1-2H3. The lowest BCUT2D eigenvalue weighted by Gasteiger charge is -2.13. The lowest BCUT2D eigenvalue weighted by atomic mass is 9.99. The first-order valence-electron chi connectivity index (χ1n) is 5.03. The first kappa shape index (κ1) is 12.7. The van der Waals surface area contributed by atoms with Gasteiger partial charge in [-0.25, -0.2) is 0 Å². The van der Waals surface area contributed by atoms with Crippen molar-refractivity contribution in [3.8, 4) is 0 Å². The van der Waals surface area contributed by atoms with Gasteiger partial charge in [0.05, 0.1) is 0 Å². The fourth-order valence-corrected chi connectivity index (χ4v) is 2.84. The highest BCUT2D eigenvalue weighted by molar-refractivity contribution is 8.38. The van der Waals surface area contributed by atoms with Crippen LogP contribution in [0.5, 0.6) is 0 Å². The van der Waals surface area contributed by atoms with Gasteiger partial charge in [-0.15, -0.1) is 0 Å². The van der Waals surface area contributed by atoms with Crippen LogP contribution in [-0.4, -0.2) is 16.5 Å². The summed E-state index contributed by atoms with van der Waals surface area (Å²) in [6.07, 6.45) is 2.91. The summed E-state index contributed by atoms with van der Waals surface area (Å²) in [6, 6.07) is 10.4. The van der Waals surface area contributed by atoms with E-state index < -0.39 is 0 Å². The van der Waals surface area contributed by atoms with Gasteiger partial charge in [0.15, 0.2) is 0 Å². The highest BCUT2D eigenvalue weighted by Gasteiger charge is 2.11. The molecule has 1 aromatic rings. The lowest BCUT2D eigenvalue weighted by Crippen LogP contribution is -2.01. The van der Waals surface area contributed by atoms with Crippen LogP contribution in [0, 0.1) is 0 Å². The van der Waals surface area contributed by atoms with Crippen molar-refractivity contribution in [3.05, 3.63) is 35.9 Å². The number of carbonyl (C=O) groups excluding carboxylic acids is 1. The van der Waals surface area contributed by atoms with Crippen LogP contribution in [0.15, 0.2) is 30.3 Å². The SMILES string of the molecule is CCC(CSC(=O)SC)c1ccccc1. The molecule has 82 valence electrons. The Balaban J connectivity index is 2.53. The van der Waals surface area contributed by atoms with E-state index in [-0.39, 0.29) is 4.45 Å². The maximum Gasteiger partial charge on any atom is 0.245 e. The van der Waals surface area contributed by atoms with Crippen molar-refractivity contribution < 1.29 is 4.79 Å². The monoisotopic (exact) mass is 240 g/mol. The molecule has 0 aliphatic carbocycles. The molecule has 1 unspecified atom stereocenters. The minimum Gasteiger partial charge on any atom is -0.274 e. The van der Waals surface area contributed by atoms with Crippen LogP contribution in [0.3, 0.4) is 0 Å². The molecule has 0 heterocycles. The van der Waals surface area contributed by atoms with Gasteiger partial charge in [0.2, 0.25) is 4.45 Å². The summed E-state index contributed by atoms with van der Waals surface area (Å²) in [5, 5.41) is 0. The van der Waals surface area contributed by atoms with Crippen molar-refractivity contribution in [1.82, 2.24) is 0 Å². The highest BCUT2D eigenvalue weighted by atomic mass is 32.2. The fourth-order valence-electron chi connectivity index (χ4n) is 1.40.